The number of H-pyrrole nitrogens is 1. The van der Waals surface area contributed by atoms with Gasteiger partial charge in [-0.2, -0.15) is 0 Å². The molecule has 0 aliphatic heterocycles. The Morgan fingerprint density at radius 2 is 1.93 bits per heavy atom. The number of rotatable bonds is 9. The van der Waals surface area contributed by atoms with Gasteiger partial charge in [-0.3, -0.25) is 19.1 Å². The normalized spacial score (nSPS) is 12.0. The third-order valence-corrected chi connectivity index (χ3v) is 4.62. The summed E-state index contributed by atoms with van der Waals surface area (Å²) in [5.41, 5.74) is 5.76. The van der Waals surface area contributed by atoms with Crippen LogP contribution in [0.2, 0.25) is 0 Å². The average Bonchev–Trinajstić information content (AvgIpc) is 2.68. The van der Waals surface area contributed by atoms with Crippen LogP contribution in [0.25, 0.3) is 0 Å². The molecule has 3 N–H and O–H groups in total. The molecule has 0 bridgehead atoms. The number of hydrogen-bond donors (Lipinski definition) is 2. The van der Waals surface area contributed by atoms with Gasteiger partial charge >= 0.3 is 5.69 Å². The lowest BCUT2D eigenvalue weighted by Crippen LogP contribution is -2.44. The van der Waals surface area contributed by atoms with Gasteiger partial charge in [0.1, 0.15) is 5.82 Å². The Morgan fingerprint density at radius 3 is 2.50 bits per heavy atom. The molecule has 1 heterocycles. The smallest absolute Gasteiger partial charge is 0.330 e. The van der Waals surface area contributed by atoms with Crippen molar-refractivity contribution < 1.29 is 9.53 Å². The fourth-order valence-electron chi connectivity index (χ4n) is 3.22. The van der Waals surface area contributed by atoms with Crippen LogP contribution in [0.4, 0.5) is 11.5 Å². The highest BCUT2D eigenvalue weighted by Gasteiger charge is 2.29. The molecule has 28 heavy (non-hydrogen) atoms. The SMILES string of the molecule is CCCn1c(N)c(N(CCOC)C(=O)[C@@H](CC)c2ccccc2)c(=O)[nH]c1=O. The zero-order valence-electron chi connectivity index (χ0n) is 16.6. The van der Waals surface area contributed by atoms with Gasteiger partial charge < -0.3 is 15.4 Å². The molecule has 0 saturated carbocycles. The third kappa shape index (κ3) is 4.51. The van der Waals surface area contributed by atoms with E-state index in [0.717, 1.165) is 5.56 Å². The zero-order chi connectivity index (χ0) is 20.7. The predicted octanol–water partition coefficient (Wildman–Crippen LogP) is 1.70. The molecule has 1 atom stereocenters. The van der Waals surface area contributed by atoms with Crippen LogP contribution < -0.4 is 21.9 Å². The summed E-state index contributed by atoms with van der Waals surface area (Å²) in [6, 6.07) is 9.38. The Kier molecular flexibility index (Phi) is 7.57. The number of methoxy groups -OCH3 is 1. The van der Waals surface area contributed by atoms with Gasteiger partial charge in [0.15, 0.2) is 5.69 Å². The molecule has 1 aromatic carbocycles. The molecule has 152 valence electrons. The van der Waals surface area contributed by atoms with E-state index in [4.69, 9.17) is 10.5 Å². The highest BCUT2D eigenvalue weighted by atomic mass is 16.5. The van der Waals surface area contributed by atoms with Crippen molar-refractivity contribution >= 4 is 17.4 Å². The maximum atomic E-state index is 13.4. The molecule has 0 fully saturated rings. The summed E-state index contributed by atoms with van der Waals surface area (Å²) in [5, 5.41) is 0. The number of amides is 1. The standard InChI is InChI=1S/C20H28N4O4/c1-4-11-24-17(21)16(18(25)22-20(24)27)23(12-13-28-3)19(26)15(5-2)14-9-7-6-8-10-14/h6-10,15H,4-5,11-13,21H2,1-3H3,(H,22,25,27)/t15-/m0/s1. The monoisotopic (exact) mass is 388 g/mol. The van der Waals surface area contributed by atoms with Crippen LogP contribution in [0.5, 0.6) is 0 Å². The van der Waals surface area contributed by atoms with Crippen LogP contribution in [-0.4, -0.2) is 35.7 Å². The number of hydrogen-bond acceptors (Lipinski definition) is 5. The fourth-order valence-corrected chi connectivity index (χ4v) is 3.22. The van der Waals surface area contributed by atoms with Crippen molar-refractivity contribution in [2.75, 3.05) is 30.9 Å². The summed E-state index contributed by atoms with van der Waals surface area (Å²) >= 11 is 0. The number of benzene rings is 1. The minimum atomic E-state index is -0.678. The average molecular weight is 388 g/mol. The molecule has 1 aromatic heterocycles. The highest BCUT2D eigenvalue weighted by Crippen LogP contribution is 2.26. The second-order valence-electron chi connectivity index (χ2n) is 6.50. The van der Waals surface area contributed by atoms with Gasteiger partial charge in [-0.05, 0) is 18.4 Å². The lowest BCUT2D eigenvalue weighted by molar-refractivity contribution is -0.120. The Bertz CT molecular complexity index is 905. The van der Waals surface area contributed by atoms with Crippen LogP contribution in [-0.2, 0) is 16.1 Å². The molecule has 0 aliphatic rings. The first-order valence-corrected chi connectivity index (χ1v) is 9.44. The molecule has 8 heteroatoms. The van der Waals surface area contributed by atoms with E-state index in [1.54, 1.807) is 0 Å². The van der Waals surface area contributed by atoms with Crippen molar-refractivity contribution in [1.82, 2.24) is 9.55 Å². The van der Waals surface area contributed by atoms with Gasteiger partial charge in [-0.1, -0.05) is 44.2 Å². The van der Waals surface area contributed by atoms with E-state index in [2.05, 4.69) is 4.98 Å². The summed E-state index contributed by atoms with van der Waals surface area (Å²) in [6.07, 6.45) is 1.21. The number of carbonyl (C=O) groups excluding carboxylic acids is 1. The highest BCUT2D eigenvalue weighted by molar-refractivity contribution is 5.99. The van der Waals surface area contributed by atoms with Crippen molar-refractivity contribution in [1.29, 1.82) is 0 Å². The molecule has 0 radical (unpaired) electrons. The lowest BCUT2D eigenvalue weighted by Gasteiger charge is -2.28. The molecular formula is C20H28N4O4. The first kappa shape index (κ1) is 21.4. The van der Waals surface area contributed by atoms with Crippen molar-refractivity contribution in [3.05, 3.63) is 56.7 Å². The first-order chi connectivity index (χ1) is 13.5. The van der Waals surface area contributed by atoms with E-state index in [-0.39, 0.29) is 30.6 Å². The van der Waals surface area contributed by atoms with Gasteiger partial charge in [0.25, 0.3) is 5.56 Å². The van der Waals surface area contributed by atoms with Gasteiger partial charge in [-0.15, -0.1) is 0 Å². The van der Waals surface area contributed by atoms with Crippen molar-refractivity contribution in [3.63, 3.8) is 0 Å². The van der Waals surface area contributed by atoms with E-state index in [1.165, 1.54) is 16.6 Å². The maximum Gasteiger partial charge on any atom is 0.330 e. The maximum absolute atomic E-state index is 13.4. The van der Waals surface area contributed by atoms with E-state index >= 15 is 0 Å². The summed E-state index contributed by atoms with van der Waals surface area (Å²) < 4.78 is 6.41. The molecule has 2 rings (SSSR count). The number of nitrogens with two attached hydrogens (primary N) is 1. The van der Waals surface area contributed by atoms with Crippen molar-refractivity contribution in [2.45, 2.75) is 39.2 Å². The lowest BCUT2D eigenvalue weighted by atomic mass is 9.95. The summed E-state index contributed by atoms with van der Waals surface area (Å²) in [4.78, 5) is 41.7. The molecule has 1 amide bonds. The number of carbonyl (C=O) groups is 1. The number of nitrogens with one attached hydrogen (secondary N) is 1. The van der Waals surface area contributed by atoms with Crippen LogP contribution in [0.1, 0.15) is 38.2 Å². The Labute approximate surface area is 163 Å². The molecule has 0 aliphatic carbocycles. The number of aromatic nitrogens is 2. The molecule has 2 aromatic rings. The Balaban J connectivity index is 2.58. The van der Waals surface area contributed by atoms with Gasteiger partial charge in [0.2, 0.25) is 5.91 Å². The number of anilines is 2. The second-order valence-corrected chi connectivity index (χ2v) is 6.50. The topological polar surface area (TPSA) is 110 Å². The van der Waals surface area contributed by atoms with E-state index in [0.29, 0.717) is 19.4 Å². The Hall–Kier alpha value is -2.87. The number of aromatic amines is 1. The van der Waals surface area contributed by atoms with Gasteiger partial charge in [0.05, 0.1) is 12.5 Å². The number of nitrogen functional groups attached to an aromatic ring is 1. The summed E-state index contributed by atoms with van der Waals surface area (Å²) in [6.45, 7) is 4.53. The van der Waals surface area contributed by atoms with Crippen LogP contribution in [0.3, 0.4) is 0 Å². The van der Waals surface area contributed by atoms with E-state index in [1.807, 2.05) is 44.2 Å². The minimum absolute atomic E-state index is 0.00974. The minimum Gasteiger partial charge on any atom is -0.383 e. The van der Waals surface area contributed by atoms with Crippen molar-refractivity contribution in [3.8, 4) is 0 Å². The third-order valence-electron chi connectivity index (χ3n) is 4.62. The number of nitrogens with zero attached hydrogens (tertiary/aromatic N) is 2. The van der Waals surface area contributed by atoms with Crippen molar-refractivity contribution in [2.24, 2.45) is 0 Å². The number of ether oxygens (including phenoxy) is 1. The second kappa shape index (κ2) is 9.89. The Morgan fingerprint density at radius 1 is 1.25 bits per heavy atom. The quantitative estimate of drug-likeness (QED) is 0.679. The van der Waals surface area contributed by atoms with Gasteiger partial charge in [0, 0.05) is 20.2 Å². The zero-order valence-corrected chi connectivity index (χ0v) is 16.6. The molecule has 0 spiro atoms. The molecule has 0 unspecified atom stereocenters. The van der Waals surface area contributed by atoms with Crippen LogP contribution in [0.15, 0.2) is 39.9 Å². The summed E-state index contributed by atoms with van der Waals surface area (Å²) in [7, 11) is 1.52. The van der Waals surface area contributed by atoms with E-state index < -0.39 is 17.2 Å². The molecule has 0 saturated heterocycles. The van der Waals surface area contributed by atoms with Gasteiger partial charge in [-0.25, -0.2) is 4.79 Å². The fraction of sp³-hybridized carbons (Fsp3) is 0.450. The predicted molar refractivity (Wildman–Crippen MR) is 110 cm³/mol. The largest absolute Gasteiger partial charge is 0.383 e. The van der Waals surface area contributed by atoms with E-state index in [9.17, 15) is 14.4 Å². The summed E-state index contributed by atoms with van der Waals surface area (Å²) in [5.74, 6) is -0.712. The molecule has 8 nitrogen and oxygen atoms in total. The first-order valence-electron chi connectivity index (χ1n) is 9.44. The van der Waals surface area contributed by atoms with Crippen LogP contribution >= 0.6 is 0 Å². The molecular weight excluding hydrogens is 360 g/mol. The van der Waals surface area contributed by atoms with Crippen LogP contribution in [0, 0.1) is 0 Å².